The van der Waals surface area contributed by atoms with Crippen molar-refractivity contribution in [2.24, 2.45) is 11.8 Å². The number of aliphatic hydroxyl groups is 1. The van der Waals surface area contributed by atoms with Gasteiger partial charge in [0.2, 0.25) is 11.8 Å². The Balaban J connectivity index is 1.99. The van der Waals surface area contributed by atoms with E-state index in [2.05, 4.69) is 0 Å². The molecule has 2 aliphatic rings. The lowest BCUT2D eigenvalue weighted by molar-refractivity contribution is -0.150. The molecule has 1 N–H and O–H groups in total. The van der Waals surface area contributed by atoms with Gasteiger partial charge in [0.15, 0.2) is 0 Å². The van der Waals surface area contributed by atoms with Crippen LogP contribution in [0.4, 0.5) is 0 Å². The first kappa shape index (κ1) is 16.2. The molecule has 0 aromatic heterocycles. The second-order valence-electron chi connectivity index (χ2n) is 6.22. The minimum absolute atomic E-state index is 0.0348. The molecule has 0 aromatic rings. The standard InChI is InChI=1S/C15H26N2O4/c1-11(2)14(19)16-5-3-4-12(8-16)15(20)17-6-7-21-10-13(17)9-18/h11-13,18H,3-10H2,1-2H3. The molecule has 21 heavy (non-hydrogen) atoms. The summed E-state index contributed by atoms with van der Waals surface area (Å²) in [5.41, 5.74) is 0. The summed E-state index contributed by atoms with van der Waals surface area (Å²) in [6.07, 6.45) is 1.68. The number of aliphatic hydroxyl groups excluding tert-OH is 1. The summed E-state index contributed by atoms with van der Waals surface area (Å²) in [7, 11) is 0. The Labute approximate surface area is 126 Å². The second-order valence-corrected chi connectivity index (χ2v) is 6.22. The molecule has 6 heteroatoms. The van der Waals surface area contributed by atoms with Crippen LogP contribution in [0, 0.1) is 11.8 Å². The lowest BCUT2D eigenvalue weighted by atomic mass is 9.94. The van der Waals surface area contributed by atoms with Crippen LogP contribution in [0.25, 0.3) is 0 Å². The minimum atomic E-state index is -0.248. The smallest absolute Gasteiger partial charge is 0.227 e. The predicted molar refractivity (Wildman–Crippen MR) is 77.5 cm³/mol. The Morgan fingerprint density at radius 3 is 2.76 bits per heavy atom. The quantitative estimate of drug-likeness (QED) is 0.802. The molecule has 120 valence electrons. The number of hydrogen-bond acceptors (Lipinski definition) is 4. The Morgan fingerprint density at radius 1 is 1.33 bits per heavy atom. The SMILES string of the molecule is CC(C)C(=O)N1CCCC(C(=O)N2CCOCC2CO)C1. The largest absolute Gasteiger partial charge is 0.394 e. The van der Waals surface area contributed by atoms with Crippen LogP contribution < -0.4 is 0 Å². The average Bonchev–Trinajstić information content (AvgIpc) is 2.53. The zero-order valence-electron chi connectivity index (χ0n) is 13.0. The molecule has 0 spiro atoms. The Bertz CT molecular complexity index is 386. The molecule has 2 saturated heterocycles. The summed E-state index contributed by atoms with van der Waals surface area (Å²) >= 11 is 0. The van der Waals surface area contributed by atoms with Crippen LogP contribution in [0.3, 0.4) is 0 Å². The Kier molecular flexibility index (Phi) is 5.58. The third-order valence-corrected chi connectivity index (χ3v) is 4.30. The number of amides is 2. The highest BCUT2D eigenvalue weighted by Gasteiger charge is 2.35. The minimum Gasteiger partial charge on any atom is -0.394 e. The van der Waals surface area contributed by atoms with Gasteiger partial charge in [-0.2, -0.15) is 0 Å². The highest BCUT2D eigenvalue weighted by atomic mass is 16.5. The molecule has 0 aliphatic carbocycles. The number of likely N-dealkylation sites (tertiary alicyclic amines) is 1. The van der Waals surface area contributed by atoms with E-state index in [9.17, 15) is 14.7 Å². The van der Waals surface area contributed by atoms with Crippen molar-refractivity contribution in [3.8, 4) is 0 Å². The molecule has 2 fully saturated rings. The molecule has 0 aromatic carbocycles. The number of piperidine rings is 1. The van der Waals surface area contributed by atoms with E-state index in [-0.39, 0.29) is 36.3 Å². The van der Waals surface area contributed by atoms with E-state index < -0.39 is 0 Å². The molecule has 2 atom stereocenters. The van der Waals surface area contributed by atoms with E-state index in [1.165, 1.54) is 0 Å². The first-order valence-electron chi connectivity index (χ1n) is 7.82. The van der Waals surface area contributed by atoms with Gasteiger partial charge in [0.05, 0.1) is 31.8 Å². The third kappa shape index (κ3) is 3.74. The van der Waals surface area contributed by atoms with Crippen LogP contribution in [-0.2, 0) is 14.3 Å². The first-order valence-corrected chi connectivity index (χ1v) is 7.82. The zero-order valence-corrected chi connectivity index (χ0v) is 13.0. The number of ether oxygens (including phenoxy) is 1. The van der Waals surface area contributed by atoms with Crippen molar-refractivity contribution in [3.05, 3.63) is 0 Å². The van der Waals surface area contributed by atoms with E-state index in [0.29, 0.717) is 26.3 Å². The van der Waals surface area contributed by atoms with Crippen LogP contribution in [0.2, 0.25) is 0 Å². The highest BCUT2D eigenvalue weighted by Crippen LogP contribution is 2.22. The molecule has 2 aliphatic heterocycles. The van der Waals surface area contributed by atoms with E-state index in [1.807, 2.05) is 18.7 Å². The van der Waals surface area contributed by atoms with Crippen molar-refractivity contribution < 1.29 is 19.4 Å². The molecule has 2 unspecified atom stereocenters. The van der Waals surface area contributed by atoms with Crippen LogP contribution in [0.1, 0.15) is 26.7 Å². The lowest BCUT2D eigenvalue weighted by Gasteiger charge is -2.40. The number of rotatable bonds is 3. The van der Waals surface area contributed by atoms with Gasteiger partial charge in [0.1, 0.15) is 0 Å². The van der Waals surface area contributed by atoms with E-state index >= 15 is 0 Å². The van der Waals surface area contributed by atoms with Crippen LogP contribution in [0.15, 0.2) is 0 Å². The second kappa shape index (κ2) is 7.22. The van der Waals surface area contributed by atoms with Crippen molar-refractivity contribution >= 4 is 11.8 Å². The fraction of sp³-hybridized carbons (Fsp3) is 0.867. The van der Waals surface area contributed by atoms with E-state index in [0.717, 1.165) is 19.4 Å². The van der Waals surface area contributed by atoms with Crippen molar-refractivity contribution in [2.75, 3.05) is 39.5 Å². The van der Waals surface area contributed by atoms with E-state index in [4.69, 9.17) is 4.74 Å². The van der Waals surface area contributed by atoms with Crippen LogP contribution in [-0.4, -0.2) is 72.2 Å². The number of carbonyl (C=O) groups excluding carboxylic acids is 2. The zero-order chi connectivity index (χ0) is 15.4. The summed E-state index contributed by atoms with van der Waals surface area (Å²) in [5, 5.41) is 9.38. The lowest BCUT2D eigenvalue weighted by Crippen LogP contribution is -2.55. The van der Waals surface area contributed by atoms with Crippen molar-refractivity contribution in [3.63, 3.8) is 0 Å². The van der Waals surface area contributed by atoms with Gasteiger partial charge < -0.3 is 19.6 Å². The van der Waals surface area contributed by atoms with Crippen molar-refractivity contribution in [1.82, 2.24) is 9.80 Å². The summed E-state index contributed by atoms with van der Waals surface area (Å²) in [6.45, 7) is 6.38. The van der Waals surface area contributed by atoms with Crippen LogP contribution in [0.5, 0.6) is 0 Å². The van der Waals surface area contributed by atoms with Crippen molar-refractivity contribution in [2.45, 2.75) is 32.7 Å². The number of nitrogens with zero attached hydrogens (tertiary/aromatic N) is 2. The molecule has 0 radical (unpaired) electrons. The topological polar surface area (TPSA) is 70.1 Å². The maximum atomic E-state index is 12.7. The van der Waals surface area contributed by atoms with Gasteiger partial charge in [0.25, 0.3) is 0 Å². The summed E-state index contributed by atoms with van der Waals surface area (Å²) < 4.78 is 5.31. The molecule has 2 heterocycles. The predicted octanol–water partition coefficient (Wildman–Crippen LogP) is 0.101. The normalized spacial score (nSPS) is 27.0. The maximum Gasteiger partial charge on any atom is 0.227 e. The Hall–Kier alpha value is -1.14. The molecule has 2 rings (SSSR count). The van der Waals surface area contributed by atoms with Gasteiger partial charge in [-0.25, -0.2) is 0 Å². The van der Waals surface area contributed by atoms with Crippen LogP contribution >= 0.6 is 0 Å². The van der Waals surface area contributed by atoms with Gasteiger partial charge >= 0.3 is 0 Å². The monoisotopic (exact) mass is 298 g/mol. The van der Waals surface area contributed by atoms with Gasteiger partial charge in [-0.15, -0.1) is 0 Å². The molecular formula is C15H26N2O4. The number of hydrogen-bond donors (Lipinski definition) is 1. The third-order valence-electron chi connectivity index (χ3n) is 4.30. The maximum absolute atomic E-state index is 12.7. The van der Waals surface area contributed by atoms with Gasteiger partial charge in [-0.3, -0.25) is 9.59 Å². The summed E-state index contributed by atoms with van der Waals surface area (Å²) in [5.74, 6) is -0.00665. The first-order chi connectivity index (χ1) is 10.0. The van der Waals surface area contributed by atoms with Crippen molar-refractivity contribution in [1.29, 1.82) is 0 Å². The fourth-order valence-corrected chi connectivity index (χ4v) is 3.07. The fourth-order valence-electron chi connectivity index (χ4n) is 3.07. The summed E-state index contributed by atoms with van der Waals surface area (Å²) in [6, 6.07) is -0.248. The molecule has 2 amide bonds. The molecule has 0 bridgehead atoms. The molecule has 0 saturated carbocycles. The van der Waals surface area contributed by atoms with E-state index in [1.54, 1.807) is 4.90 Å². The number of morpholine rings is 1. The number of carbonyl (C=O) groups is 2. The average molecular weight is 298 g/mol. The van der Waals surface area contributed by atoms with Gasteiger partial charge in [0, 0.05) is 25.6 Å². The molecule has 6 nitrogen and oxygen atoms in total. The van der Waals surface area contributed by atoms with Gasteiger partial charge in [-0.1, -0.05) is 13.8 Å². The molecular weight excluding hydrogens is 272 g/mol. The Morgan fingerprint density at radius 2 is 2.10 bits per heavy atom. The van der Waals surface area contributed by atoms with Gasteiger partial charge in [-0.05, 0) is 12.8 Å². The summed E-state index contributed by atoms with van der Waals surface area (Å²) in [4.78, 5) is 28.3. The highest BCUT2D eigenvalue weighted by molar-refractivity contribution is 5.82.